The second-order valence-corrected chi connectivity index (χ2v) is 10.0. The standard InChI is InChI=1S/C27H38N6O/c34-26(22-10-4-3-5-11-22)33-19-9-13-24(21-33)32-18-8-12-23(20-32)29-27-28-15-14-25(30-27)31-16-6-1-2-7-17-31/h3-5,10-11,14-15,23-24H,1-2,6-9,12-13,16-21H2,(H,28,29,30). The normalized spacial score (nSPS) is 24.5. The van der Waals surface area contributed by atoms with E-state index in [-0.39, 0.29) is 5.91 Å². The van der Waals surface area contributed by atoms with Crippen molar-refractivity contribution < 1.29 is 4.79 Å². The Labute approximate surface area is 203 Å². The Morgan fingerprint density at radius 1 is 0.853 bits per heavy atom. The molecule has 3 aliphatic heterocycles. The molecule has 1 amide bonds. The molecule has 2 atom stereocenters. The van der Waals surface area contributed by atoms with Gasteiger partial charge in [-0.2, -0.15) is 4.98 Å². The van der Waals surface area contributed by atoms with Gasteiger partial charge in [0.15, 0.2) is 0 Å². The fourth-order valence-electron chi connectivity index (χ4n) is 5.73. The predicted molar refractivity (Wildman–Crippen MR) is 136 cm³/mol. The molecule has 0 radical (unpaired) electrons. The van der Waals surface area contributed by atoms with E-state index in [1.54, 1.807) is 0 Å². The number of anilines is 2. The van der Waals surface area contributed by atoms with Crippen LogP contribution in [0.2, 0.25) is 0 Å². The van der Waals surface area contributed by atoms with E-state index in [4.69, 9.17) is 4.98 Å². The first-order valence-electron chi connectivity index (χ1n) is 13.2. The van der Waals surface area contributed by atoms with Gasteiger partial charge < -0.3 is 15.1 Å². The van der Waals surface area contributed by atoms with E-state index >= 15 is 0 Å². The number of rotatable bonds is 5. The van der Waals surface area contributed by atoms with Crippen LogP contribution in [0.5, 0.6) is 0 Å². The Kier molecular flexibility index (Phi) is 7.59. The third-order valence-electron chi connectivity index (χ3n) is 7.58. The molecule has 1 aromatic carbocycles. The lowest BCUT2D eigenvalue weighted by atomic mass is 9.98. The molecule has 5 rings (SSSR count). The van der Waals surface area contributed by atoms with E-state index in [0.29, 0.717) is 12.1 Å². The van der Waals surface area contributed by atoms with Crippen molar-refractivity contribution in [1.29, 1.82) is 0 Å². The van der Waals surface area contributed by atoms with Crippen LogP contribution >= 0.6 is 0 Å². The number of amides is 1. The Morgan fingerprint density at radius 3 is 2.47 bits per heavy atom. The highest BCUT2D eigenvalue weighted by molar-refractivity contribution is 5.94. The van der Waals surface area contributed by atoms with Crippen molar-refractivity contribution in [2.24, 2.45) is 0 Å². The highest BCUT2D eigenvalue weighted by Gasteiger charge is 2.31. The van der Waals surface area contributed by atoms with E-state index in [0.717, 1.165) is 82.3 Å². The number of nitrogens with one attached hydrogen (secondary N) is 1. The molecule has 182 valence electrons. The molecular weight excluding hydrogens is 424 g/mol. The number of carbonyl (C=O) groups excluding carboxylic acids is 1. The van der Waals surface area contributed by atoms with Crippen molar-refractivity contribution >= 4 is 17.7 Å². The number of nitrogens with zero attached hydrogens (tertiary/aromatic N) is 5. The predicted octanol–water partition coefficient (Wildman–Crippen LogP) is 4.04. The summed E-state index contributed by atoms with van der Waals surface area (Å²) in [5.74, 6) is 1.96. The molecule has 0 bridgehead atoms. The van der Waals surface area contributed by atoms with E-state index in [1.807, 2.05) is 47.5 Å². The summed E-state index contributed by atoms with van der Waals surface area (Å²) < 4.78 is 0. The molecule has 7 heteroatoms. The highest BCUT2D eigenvalue weighted by atomic mass is 16.2. The van der Waals surface area contributed by atoms with Crippen LogP contribution in [0.15, 0.2) is 42.6 Å². The molecule has 3 aliphatic rings. The molecule has 2 unspecified atom stereocenters. The van der Waals surface area contributed by atoms with Gasteiger partial charge in [-0.15, -0.1) is 0 Å². The zero-order chi connectivity index (χ0) is 23.2. The molecule has 3 fully saturated rings. The average molecular weight is 463 g/mol. The van der Waals surface area contributed by atoms with E-state index in [2.05, 4.69) is 20.1 Å². The quantitative estimate of drug-likeness (QED) is 0.724. The molecular formula is C27H38N6O. The van der Waals surface area contributed by atoms with Crippen LogP contribution in [0, 0.1) is 0 Å². The maximum atomic E-state index is 13.0. The molecule has 4 heterocycles. The molecule has 2 aromatic rings. The summed E-state index contributed by atoms with van der Waals surface area (Å²) in [5.41, 5.74) is 0.794. The topological polar surface area (TPSA) is 64.6 Å². The monoisotopic (exact) mass is 462 g/mol. The van der Waals surface area contributed by atoms with Crippen molar-refractivity contribution in [3.05, 3.63) is 48.2 Å². The fraction of sp³-hybridized carbons (Fsp3) is 0.593. The Bertz CT molecular complexity index is 930. The van der Waals surface area contributed by atoms with E-state index < -0.39 is 0 Å². The van der Waals surface area contributed by atoms with Crippen LogP contribution in [-0.4, -0.2) is 77.0 Å². The summed E-state index contributed by atoms with van der Waals surface area (Å²) >= 11 is 0. The second kappa shape index (κ2) is 11.2. The molecule has 1 aromatic heterocycles. The zero-order valence-electron chi connectivity index (χ0n) is 20.2. The number of carbonyl (C=O) groups is 1. The number of hydrogen-bond acceptors (Lipinski definition) is 6. The van der Waals surface area contributed by atoms with Crippen molar-refractivity contribution in [2.75, 3.05) is 49.5 Å². The Morgan fingerprint density at radius 2 is 1.65 bits per heavy atom. The van der Waals surface area contributed by atoms with Crippen LogP contribution in [0.1, 0.15) is 61.7 Å². The minimum Gasteiger partial charge on any atom is -0.356 e. The van der Waals surface area contributed by atoms with Crippen LogP contribution in [0.4, 0.5) is 11.8 Å². The minimum absolute atomic E-state index is 0.163. The number of hydrogen-bond donors (Lipinski definition) is 1. The first-order valence-corrected chi connectivity index (χ1v) is 13.2. The van der Waals surface area contributed by atoms with Gasteiger partial charge in [0.2, 0.25) is 5.95 Å². The maximum Gasteiger partial charge on any atom is 0.253 e. The SMILES string of the molecule is O=C(c1ccccc1)N1CCCC(N2CCCC(Nc3nccc(N4CCCCCC4)n3)C2)C1. The van der Waals surface area contributed by atoms with Gasteiger partial charge in [0, 0.05) is 56.6 Å². The molecule has 0 aliphatic carbocycles. The largest absolute Gasteiger partial charge is 0.356 e. The zero-order valence-corrected chi connectivity index (χ0v) is 20.2. The third-order valence-corrected chi connectivity index (χ3v) is 7.58. The highest BCUT2D eigenvalue weighted by Crippen LogP contribution is 2.24. The van der Waals surface area contributed by atoms with Crippen LogP contribution in [-0.2, 0) is 0 Å². The van der Waals surface area contributed by atoms with Gasteiger partial charge in [-0.25, -0.2) is 4.98 Å². The van der Waals surface area contributed by atoms with Crippen LogP contribution in [0.25, 0.3) is 0 Å². The Balaban J connectivity index is 1.19. The van der Waals surface area contributed by atoms with Gasteiger partial charge in [0.05, 0.1) is 0 Å². The number of likely N-dealkylation sites (tertiary alicyclic amines) is 2. The van der Waals surface area contributed by atoms with Crippen molar-refractivity contribution in [3.8, 4) is 0 Å². The summed E-state index contributed by atoms with van der Waals surface area (Å²) in [6.07, 6.45) is 11.5. The molecule has 34 heavy (non-hydrogen) atoms. The molecule has 0 spiro atoms. The van der Waals surface area contributed by atoms with Gasteiger partial charge in [0.1, 0.15) is 5.82 Å². The van der Waals surface area contributed by atoms with Gasteiger partial charge in [-0.05, 0) is 63.3 Å². The van der Waals surface area contributed by atoms with Crippen LogP contribution < -0.4 is 10.2 Å². The third kappa shape index (κ3) is 5.69. The Hall–Kier alpha value is -2.67. The lowest BCUT2D eigenvalue weighted by Gasteiger charge is -2.43. The van der Waals surface area contributed by atoms with Crippen molar-refractivity contribution in [1.82, 2.24) is 19.8 Å². The molecule has 7 nitrogen and oxygen atoms in total. The first kappa shape index (κ1) is 23.1. The van der Waals surface area contributed by atoms with Crippen molar-refractivity contribution in [2.45, 2.75) is 63.5 Å². The summed E-state index contributed by atoms with van der Waals surface area (Å²) in [7, 11) is 0. The second-order valence-electron chi connectivity index (χ2n) is 10.0. The fourth-order valence-corrected chi connectivity index (χ4v) is 5.73. The summed E-state index contributed by atoms with van der Waals surface area (Å²) in [4.78, 5) is 29.4. The minimum atomic E-state index is 0.163. The average Bonchev–Trinajstić information content (AvgIpc) is 3.19. The lowest BCUT2D eigenvalue weighted by molar-refractivity contribution is 0.0526. The summed E-state index contributed by atoms with van der Waals surface area (Å²) in [6, 6.07) is 12.5. The maximum absolute atomic E-state index is 13.0. The van der Waals surface area contributed by atoms with Gasteiger partial charge in [-0.3, -0.25) is 9.69 Å². The smallest absolute Gasteiger partial charge is 0.253 e. The van der Waals surface area contributed by atoms with Crippen molar-refractivity contribution in [3.63, 3.8) is 0 Å². The van der Waals surface area contributed by atoms with Crippen LogP contribution in [0.3, 0.4) is 0 Å². The summed E-state index contributed by atoms with van der Waals surface area (Å²) in [6.45, 7) is 5.94. The van der Waals surface area contributed by atoms with E-state index in [1.165, 1.54) is 25.7 Å². The molecule has 0 saturated carbocycles. The lowest BCUT2D eigenvalue weighted by Crippen LogP contribution is -2.54. The first-order chi connectivity index (χ1) is 16.8. The van der Waals surface area contributed by atoms with Gasteiger partial charge in [0.25, 0.3) is 5.91 Å². The van der Waals surface area contributed by atoms with Gasteiger partial charge >= 0.3 is 0 Å². The van der Waals surface area contributed by atoms with E-state index in [9.17, 15) is 4.79 Å². The number of aromatic nitrogens is 2. The van der Waals surface area contributed by atoms with Gasteiger partial charge in [-0.1, -0.05) is 31.0 Å². The number of benzene rings is 1. The number of piperidine rings is 2. The molecule has 1 N–H and O–H groups in total. The summed E-state index contributed by atoms with van der Waals surface area (Å²) in [5, 5.41) is 3.63. The molecule has 3 saturated heterocycles.